The summed E-state index contributed by atoms with van der Waals surface area (Å²) in [4.78, 5) is 16.7. The number of thiazole rings is 1. The molecule has 0 bridgehead atoms. The highest BCUT2D eigenvalue weighted by Crippen LogP contribution is 2.22. The largest absolute Gasteiger partial charge is 0.305 e. The van der Waals surface area contributed by atoms with E-state index >= 15 is 0 Å². The van der Waals surface area contributed by atoms with Crippen LogP contribution in [0.25, 0.3) is 10.2 Å². The minimum absolute atomic E-state index is 0.0803. The molecular weight excluding hydrogens is 336 g/mol. The number of terminal acetylenes is 1. The fourth-order valence-electron chi connectivity index (χ4n) is 1.87. The number of amides is 1. The number of halogens is 1. The molecule has 2 aromatic rings. The molecule has 2 rings (SSSR count). The molecule has 0 unspecified atom stereocenters. The number of benzene rings is 1. The van der Waals surface area contributed by atoms with E-state index in [2.05, 4.69) is 33.8 Å². The number of nitrogens with zero attached hydrogens (tertiary/aromatic N) is 2. The maximum absolute atomic E-state index is 11.8. The van der Waals surface area contributed by atoms with E-state index in [-0.39, 0.29) is 5.91 Å². The molecule has 0 N–H and O–H groups in total. The highest BCUT2D eigenvalue weighted by Gasteiger charge is 2.07. The van der Waals surface area contributed by atoms with Crippen LogP contribution < -0.4 is 4.80 Å². The highest BCUT2D eigenvalue weighted by atomic mass is 79.9. The summed E-state index contributed by atoms with van der Waals surface area (Å²) >= 11 is 4.94. The number of hydrogen-bond acceptors (Lipinski definition) is 2. The van der Waals surface area contributed by atoms with Gasteiger partial charge >= 0.3 is 0 Å². The number of rotatable bonds is 4. The maximum atomic E-state index is 11.8. The average molecular weight is 351 g/mol. The van der Waals surface area contributed by atoms with Crippen molar-refractivity contribution in [2.75, 3.05) is 0 Å². The van der Waals surface area contributed by atoms with E-state index in [0.717, 1.165) is 27.5 Å². The average Bonchev–Trinajstić information content (AvgIpc) is 2.74. The molecule has 0 saturated heterocycles. The molecule has 0 saturated carbocycles. The zero-order chi connectivity index (χ0) is 14.5. The molecule has 0 spiro atoms. The van der Waals surface area contributed by atoms with Crippen molar-refractivity contribution in [2.45, 2.75) is 32.7 Å². The molecule has 3 nitrogen and oxygen atoms in total. The van der Waals surface area contributed by atoms with Crippen LogP contribution in [0.4, 0.5) is 0 Å². The Bertz CT molecular complexity index is 736. The maximum Gasteiger partial charge on any atom is 0.248 e. The first-order valence-corrected chi connectivity index (χ1v) is 8.06. The van der Waals surface area contributed by atoms with Crippen LogP contribution in [0.5, 0.6) is 0 Å². The molecule has 1 heterocycles. The molecule has 5 heteroatoms. The number of carbonyl (C=O) groups is 1. The normalized spacial score (nSPS) is 11.8. The Morgan fingerprint density at radius 3 is 3.05 bits per heavy atom. The van der Waals surface area contributed by atoms with Gasteiger partial charge in [0.15, 0.2) is 4.80 Å². The van der Waals surface area contributed by atoms with Gasteiger partial charge in [0.25, 0.3) is 0 Å². The Hall–Kier alpha value is -1.38. The summed E-state index contributed by atoms with van der Waals surface area (Å²) in [5.41, 5.74) is 1.01. The summed E-state index contributed by atoms with van der Waals surface area (Å²) in [7, 11) is 0. The lowest BCUT2D eigenvalue weighted by molar-refractivity contribution is -0.118. The predicted molar refractivity (Wildman–Crippen MR) is 86.4 cm³/mol. The molecule has 1 aromatic carbocycles. The Morgan fingerprint density at radius 1 is 1.55 bits per heavy atom. The van der Waals surface area contributed by atoms with Gasteiger partial charge in [-0.3, -0.25) is 4.79 Å². The quantitative estimate of drug-likeness (QED) is 0.773. The van der Waals surface area contributed by atoms with Gasteiger partial charge in [-0.25, -0.2) is 0 Å². The summed E-state index contributed by atoms with van der Waals surface area (Å²) in [6.45, 7) is 2.48. The van der Waals surface area contributed by atoms with Gasteiger partial charge in [-0.05, 0) is 24.6 Å². The lowest BCUT2D eigenvalue weighted by atomic mass is 10.2. The Kier molecular flexibility index (Phi) is 5.16. The van der Waals surface area contributed by atoms with Gasteiger partial charge in [-0.2, -0.15) is 4.99 Å². The van der Waals surface area contributed by atoms with Crippen molar-refractivity contribution in [1.29, 1.82) is 0 Å². The van der Waals surface area contributed by atoms with E-state index in [0.29, 0.717) is 17.8 Å². The number of aromatic nitrogens is 1. The van der Waals surface area contributed by atoms with Crippen LogP contribution in [-0.2, 0) is 11.3 Å². The summed E-state index contributed by atoms with van der Waals surface area (Å²) < 4.78 is 3.98. The standard InChI is InChI=1S/C15H15BrN2OS/c1-3-5-6-14(19)17-15-18(9-4-2)12-8-7-11(16)10-13(12)20-15/h2,7-8,10H,3,5-6,9H2,1H3. The zero-order valence-electron chi connectivity index (χ0n) is 11.2. The lowest BCUT2D eigenvalue weighted by Crippen LogP contribution is -2.16. The minimum atomic E-state index is -0.0803. The molecule has 0 fully saturated rings. The van der Waals surface area contributed by atoms with E-state index < -0.39 is 0 Å². The second-order valence-corrected chi connectivity index (χ2v) is 6.32. The van der Waals surface area contributed by atoms with Crippen molar-refractivity contribution in [1.82, 2.24) is 4.57 Å². The Morgan fingerprint density at radius 2 is 2.35 bits per heavy atom. The number of fused-ring (bicyclic) bond motifs is 1. The molecule has 1 amide bonds. The van der Waals surface area contributed by atoms with Gasteiger partial charge in [-0.1, -0.05) is 46.5 Å². The van der Waals surface area contributed by atoms with E-state index in [1.165, 1.54) is 11.3 Å². The zero-order valence-corrected chi connectivity index (χ0v) is 13.6. The first-order valence-electron chi connectivity index (χ1n) is 6.45. The van der Waals surface area contributed by atoms with Crippen molar-refractivity contribution >= 4 is 43.4 Å². The molecule has 1 aromatic heterocycles. The minimum Gasteiger partial charge on any atom is -0.305 e. The Labute approximate surface area is 130 Å². The summed E-state index contributed by atoms with van der Waals surface area (Å²) in [5, 5.41) is 0. The molecule has 0 aliphatic carbocycles. The number of carbonyl (C=O) groups excluding carboxylic acids is 1. The molecule has 20 heavy (non-hydrogen) atoms. The molecule has 0 aliphatic rings. The van der Waals surface area contributed by atoms with Crippen LogP contribution in [0.15, 0.2) is 27.7 Å². The van der Waals surface area contributed by atoms with Crippen LogP contribution in [0.3, 0.4) is 0 Å². The van der Waals surface area contributed by atoms with E-state index in [1.54, 1.807) is 0 Å². The third-order valence-corrected chi connectivity index (χ3v) is 4.39. The molecular formula is C15H15BrN2OS. The van der Waals surface area contributed by atoms with Gasteiger partial charge in [0.1, 0.15) is 0 Å². The van der Waals surface area contributed by atoms with Crippen LogP contribution in [0, 0.1) is 12.3 Å². The van der Waals surface area contributed by atoms with Crippen molar-refractivity contribution < 1.29 is 4.79 Å². The fourth-order valence-corrected chi connectivity index (χ4v) is 3.47. The summed E-state index contributed by atoms with van der Waals surface area (Å²) in [5.74, 6) is 2.54. The summed E-state index contributed by atoms with van der Waals surface area (Å²) in [6.07, 6.45) is 7.77. The number of hydrogen-bond donors (Lipinski definition) is 0. The van der Waals surface area contributed by atoms with Gasteiger partial charge in [0, 0.05) is 10.9 Å². The highest BCUT2D eigenvalue weighted by molar-refractivity contribution is 9.10. The van der Waals surface area contributed by atoms with Gasteiger partial charge in [0.2, 0.25) is 5.91 Å². The van der Waals surface area contributed by atoms with E-state index in [4.69, 9.17) is 6.42 Å². The Balaban J connectivity index is 2.51. The van der Waals surface area contributed by atoms with Crippen LogP contribution in [-0.4, -0.2) is 10.5 Å². The third-order valence-electron chi connectivity index (χ3n) is 2.86. The van der Waals surface area contributed by atoms with Gasteiger partial charge in [-0.15, -0.1) is 6.42 Å². The van der Waals surface area contributed by atoms with Crippen LogP contribution >= 0.6 is 27.3 Å². The molecule has 0 aliphatic heterocycles. The van der Waals surface area contributed by atoms with Crippen molar-refractivity contribution in [3.05, 3.63) is 27.5 Å². The van der Waals surface area contributed by atoms with Crippen molar-refractivity contribution in [3.63, 3.8) is 0 Å². The first kappa shape index (κ1) is 15.0. The lowest BCUT2D eigenvalue weighted by Gasteiger charge is -1.99. The van der Waals surface area contributed by atoms with Crippen LogP contribution in [0.2, 0.25) is 0 Å². The van der Waals surface area contributed by atoms with Gasteiger partial charge in [0.05, 0.1) is 16.8 Å². The summed E-state index contributed by atoms with van der Waals surface area (Å²) in [6, 6.07) is 5.97. The predicted octanol–water partition coefficient (Wildman–Crippen LogP) is 3.72. The molecule has 0 radical (unpaired) electrons. The van der Waals surface area contributed by atoms with Crippen molar-refractivity contribution in [3.8, 4) is 12.3 Å². The molecule has 0 atom stereocenters. The topological polar surface area (TPSA) is 34.4 Å². The fraction of sp³-hybridized carbons (Fsp3) is 0.333. The SMILES string of the molecule is C#CCn1c(=NC(=O)CCCC)sc2cc(Br)ccc21. The van der Waals surface area contributed by atoms with Crippen molar-refractivity contribution in [2.24, 2.45) is 4.99 Å². The smallest absolute Gasteiger partial charge is 0.248 e. The van der Waals surface area contributed by atoms with Crippen LogP contribution in [0.1, 0.15) is 26.2 Å². The second-order valence-electron chi connectivity index (χ2n) is 4.40. The second kappa shape index (κ2) is 6.87. The first-order chi connectivity index (χ1) is 9.65. The van der Waals surface area contributed by atoms with E-state index in [1.807, 2.05) is 22.8 Å². The third kappa shape index (κ3) is 3.38. The van der Waals surface area contributed by atoms with E-state index in [9.17, 15) is 4.79 Å². The van der Waals surface area contributed by atoms with Gasteiger partial charge < -0.3 is 4.57 Å². The monoisotopic (exact) mass is 350 g/mol. The molecule has 104 valence electrons. The number of unbranched alkanes of at least 4 members (excludes halogenated alkanes) is 1.